The zero-order chi connectivity index (χ0) is 21.4. The lowest BCUT2D eigenvalue weighted by Gasteiger charge is -2.27. The molecule has 2 heterocycles. The number of rotatable bonds is 10. The number of aliphatic hydroxyl groups is 1. The van der Waals surface area contributed by atoms with Crippen LogP contribution in [0.4, 0.5) is 10.2 Å². The predicted molar refractivity (Wildman–Crippen MR) is 100 cm³/mol. The summed E-state index contributed by atoms with van der Waals surface area (Å²) < 4.78 is 26.5. The number of azide groups is 1. The molecule has 2 rings (SSSR count). The SMILES string of the molecule is CCCCCCCC(=O)O[C@H]1[C@@H](F)[C@H](n2ccc(N)nc2=O)O[C@@]1(CO)N=[N+]=[N-]. The van der Waals surface area contributed by atoms with E-state index in [1.165, 1.54) is 6.07 Å². The van der Waals surface area contributed by atoms with Crippen LogP contribution in [0.15, 0.2) is 22.2 Å². The second-order valence-corrected chi connectivity index (χ2v) is 6.76. The second kappa shape index (κ2) is 10.2. The number of ether oxygens (including phenoxy) is 2. The molecule has 11 nitrogen and oxygen atoms in total. The molecule has 3 N–H and O–H groups in total. The van der Waals surface area contributed by atoms with Crippen LogP contribution in [0.5, 0.6) is 0 Å². The van der Waals surface area contributed by atoms with Crippen LogP contribution < -0.4 is 11.4 Å². The van der Waals surface area contributed by atoms with Crippen molar-refractivity contribution in [2.45, 2.75) is 69.7 Å². The van der Waals surface area contributed by atoms with Gasteiger partial charge in [-0.2, -0.15) is 4.98 Å². The fourth-order valence-electron chi connectivity index (χ4n) is 3.11. The molecule has 0 aromatic carbocycles. The number of esters is 1. The summed E-state index contributed by atoms with van der Waals surface area (Å²) in [5, 5.41) is 13.1. The predicted octanol–water partition coefficient (Wildman–Crippen LogP) is 1.96. The van der Waals surface area contributed by atoms with Crippen LogP contribution in [0, 0.1) is 0 Å². The normalized spacial score (nSPS) is 26.1. The summed E-state index contributed by atoms with van der Waals surface area (Å²) in [5.41, 5.74) is 11.1. The highest BCUT2D eigenvalue weighted by Crippen LogP contribution is 2.41. The number of halogens is 1. The molecular formula is C17H25FN6O5. The van der Waals surface area contributed by atoms with Gasteiger partial charge in [-0.1, -0.05) is 37.7 Å². The van der Waals surface area contributed by atoms with Gasteiger partial charge in [0.1, 0.15) is 5.82 Å². The number of unbranched alkanes of at least 4 members (excludes halogenated alkanes) is 4. The number of aliphatic hydroxyl groups excluding tert-OH is 1. The smallest absolute Gasteiger partial charge is 0.351 e. The van der Waals surface area contributed by atoms with E-state index in [1.54, 1.807) is 0 Å². The maximum atomic E-state index is 15.2. The van der Waals surface area contributed by atoms with Gasteiger partial charge < -0.3 is 20.3 Å². The molecule has 0 unspecified atom stereocenters. The van der Waals surface area contributed by atoms with Crippen molar-refractivity contribution in [1.82, 2.24) is 9.55 Å². The number of alkyl halides is 1. The summed E-state index contributed by atoms with van der Waals surface area (Å²) in [6, 6.07) is 1.25. The van der Waals surface area contributed by atoms with Crippen molar-refractivity contribution in [3.63, 3.8) is 0 Å². The van der Waals surface area contributed by atoms with E-state index >= 15 is 4.39 Å². The van der Waals surface area contributed by atoms with Crippen LogP contribution in [0.25, 0.3) is 10.4 Å². The van der Waals surface area contributed by atoms with Crippen LogP contribution in [0.2, 0.25) is 0 Å². The molecule has 1 aliphatic heterocycles. The number of anilines is 1. The number of carbonyl (C=O) groups is 1. The maximum absolute atomic E-state index is 15.2. The van der Waals surface area contributed by atoms with Gasteiger partial charge >= 0.3 is 11.7 Å². The molecule has 0 bridgehead atoms. The molecule has 1 aromatic heterocycles. The molecule has 1 aliphatic rings. The molecule has 0 saturated carbocycles. The van der Waals surface area contributed by atoms with E-state index in [0.29, 0.717) is 6.42 Å². The molecule has 0 amide bonds. The van der Waals surface area contributed by atoms with Crippen molar-refractivity contribution in [1.29, 1.82) is 0 Å². The van der Waals surface area contributed by atoms with Crippen molar-refractivity contribution >= 4 is 11.8 Å². The van der Waals surface area contributed by atoms with E-state index in [4.69, 9.17) is 20.7 Å². The molecule has 29 heavy (non-hydrogen) atoms. The van der Waals surface area contributed by atoms with E-state index in [0.717, 1.165) is 36.4 Å². The monoisotopic (exact) mass is 412 g/mol. The Morgan fingerprint density at radius 1 is 1.52 bits per heavy atom. The summed E-state index contributed by atoms with van der Waals surface area (Å²) in [7, 11) is 0. The average Bonchev–Trinajstić information content (AvgIpc) is 2.94. The molecule has 0 radical (unpaired) electrons. The summed E-state index contributed by atoms with van der Waals surface area (Å²) in [4.78, 5) is 30.3. The topological polar surface area (TPSA) is 165 Å². The van der Waals surface area contributed by atoms with Crippen molar-refractivity contribution in [2.75, 3.05) is 12.3 Å². The molecule has 4 atom stereocenters. The van der Waals surface area contributed by atoms with E-state index in [1.807, 2.05) is 0 Å². The zero-order valence-electron chi connectivity index (χ0n) is 16.1. The maximum Gasteiger partial charge on any atom is 0.351 e. The van der Waals surface area contributed by atoms with Gasteiger partial charge in [-0.3, -0.25) is 9.36 Å². The van der Waals surface area contributed by atoms with Gasteiger partial charge in [0.05, 0.1) is 6.61 Å². The first-order valence-electron chi connectivity index (χ1n) is 9.41. The summed E-state index contributed by atoms with van der Waals surface area (Å²) in [6.07, 6.45) is 0.180. The number of carbonyl (C=O) groups excluding carboxylic acids is 1. The number of nitrogens with zero attached hydrogens (tertiary/aromatic N) is 5. The minimum atomic E-state index is -2.21. The first kappa shape index (κ1) is 22.6. The Morgan fingerprint density at radius 2 is 2.24 bits per heavy atom. The van der Waals surface area contributed by atoms with Crippen LogP contribution in [0.3, 0.4) is 0 Å². The molecule has 1 saturated heterocycles. The first-order valence-corrected chi connectivity index (χ1v) is 9.41. The average molecular weight is 412 g/mol. The van der Waals surface area contributed by atoms with Gasteiger partial charge in [0.25, 0.3) is 0 Å². The lowest BCUT2D eigenvalue weighted by Crippen LogP contribution is -2.46. The van der Waals surface area contributed by atoms with Gasteiger partial charge in [0.15, 0.2) is 18.5 Å². The van der Waals surface area contributed by atoms with Crippen LogP contribution in [0.1, 0.15) is 51.7 Å². The fourth-order valence-corrected chi connectivity index (χ4v) is 3.11. The Balaban J connectivity index is 2.20. The Hall–Kier alpha value is -2.69. The Morgan fingerprint density at radius 3 is 2.86 bits per heavy atom. The quantitative estimate of drug-likeness (QED) is 0.195. The van der Waals surface area contributed by atoms with Crippen molar-refractivity contribution in [3.8, 4) is 0 Å². The van der Waals surface area contributed by atoms with Gasteiger partial charge in [0.2, 0.25) is 5.72 Å². The summed E-state index contributed by atoms with van der Waals surface area (Å²) in [5.74, 6) is -0.790. The lowest BCUT2D eigenvalue weighted by molar-refractivity contribution is -0.168. The third-order valence-corrected chi connectivity index (χ3v) is 4.64. The van der Waals surface area contributed by atoms with E-state index in [-0.39, 0.29) is 12.2 Å². The van der Waals surface area contributed by atoms with Crippen LogP contribution >= 0.6 is 0 Å². The second-order valence-electron chi connectivity index (χ2n) is 6.76. The highest BCUT2D eigenvalue weighted by atomic mass is 19.1. The summed E-state index contributed by atoms with van der Waals surface area (Å²) in [6.45, 7) is 1.11. The van der Waals surface area contributed by atoms with Gasteiger partial charge in [0, 0.05) is 17.5 Å². The molecular weight excluding hydrogens is 387 g/mol. The Bertz CT molecular complexity index is 814. The van der Waals surface area contributed by atoms with E-state index in [9.17, 15) is 14.7 Å². The minimum Gasteiger partial charge on any atom is -0.456 e. The largest absolute Gasteiger partial charge is 0.456 e. The van der Waals surface area contributed by atoms with E-state index < -0.39 is 42.5 Å². The first-order chi connectivity index (χ1) is 13.9. The molecule has 1 aromatic rings. The van der Waals surface area contributed by atoms with Crippen molar-refractivity contribution < 1.29 is 23.8 Å². The Kier molecular flexibility index (Phi) is 7.94. The van der Waals surface area contributed by atoms with Crippen LogP contribution in [-0.2, 0) is 14.3 Å². The fraction of sp³-hybridized carbons (Fsp3) is 0.706. The number of hydrogen-bond acceptors (Lipinski definition) is 8. The van der Waals surface area contributed by atoms with Crippen LogP contribution in [-0.4, -0.2) is 45.2 Å². The third-order valence-electron chi connectivity index (χ3n) is 4.64. The number of nitrogens with two attached hydrogens (primary N) is 1. The van der Waals surface area contributed by atoms with Crippen molar-refractivity contribution in [3.05, 3.63) is 33.2 Å². The molecule has 1 fully saturated rings. The van der Waals surface area contributed by atoms with E-state index in [2.05, 4.69) is 21.9 Å². The standard InChI is InChI=1S/C17H25FN6O5/c1-2-3-4-5-6-7-12(26)28-14-13(18)15(29-17(14,10-25)22-23-20)24-9-8-11(19)21-16(24)27/h8-9,13-15,25H,2-7,10H2,1H3,(H2,19,21,27)/t13-,14+,15-,17-/m1/s1. The lowest BCUT2D eigenvalue weighted by atomic mass is 10.1. The highest BCUT2D eigenvalue weighted by Gasteiger charge is 2.59. The molecule has 0 aliphatic carbocycles. The van der Waals surface area contributed by atoms with Gasteiger partial charge in [-0.25, -0.2) is 9.18 Å². The molecule has 12 heteroatoms. The van der Waals surface area contributed by atoms with Crippen molar-refractivity contribution in [2.24, 2.45) is 5.11 Å². The zero-order valence-corrected chi connectivity index (χ0v) is 16.1. The third kappa shape index (κ3) is 5.22. The molecule has 0 spiro atoms. The summed E-state index contributed by atoms with van der Waals surface area (Å²) >= 11 is 0. The number of hydrogen-bond donors (Lipinski definition) is 2. The van der Waals surface area contributed by atoms with Gasteiger partial charge in [-0.05, 0) is 18.0 Å². The van der Waals surface area contributed by atoms with Gasteiger partial charge in [-0.15, -0.1) is 0 Å². The number of aromatic nitrogens is 2. The minimum absolute atomic E-state index is 0.0404. The highest BCUT2D eigenvalue weighted by molar-refractivity contribution is 5.69. The number of nitrogen functional groups attached to an aromatic ring is 1. The molecule has 160 valence electrons. The Labute approximate surface area is 166 Å².